The Labute approximate surface area is 321 Å². The average molecular weight is 756 g/mol. The molecule has 52 heavy (non-hydrogen) atoms. The van der Waals surface area contributed by atoms with Crippen molar-refractivity contribution in [2.45, 2.75) is 106 Å². The van der Waals surface area contributed by atoms with E-state index >= 15 is 0 Å². The maximum absolute atomic E-state index is 11.9. The van der Waals surface area contributed by atoms with Crippen LogP contribution in [0.2, 0.25) is 0 Å². The Bertz CT molecular complexity index is 1660. The fourth-order valence-corrected chi connectivity index (χ4v) is 15.5. The summed E-state index contributed by atoms with van der Waals surface area (Å²) in [7, 11) is -2.83. The number of carbonyl (C=O) groups is 1. The third-order valence-corrected chi connectivity index (χ3v) is 18.6. The molecule has 0 bridgehead atoms. The van der Waals surface area contributed by atoms with Gasteiger partial charge in [-0.05, 0) is 164 Å². The Morgan fingerprint density at radius 2 is 1.62 bits per heavy atom. The molecule has 1 heterocycles. The fraction of sp³-hybridized carbons (Fsp3) is 0.750. The van der Waals surface area contributed by atoms with Crippen LogP contribution >= 0.6 is 12.4 Å². The van der Waals surface area contributed by atoms with Crippen molar-refractivity contribution in [1.82, 2.24) is 10.2 Å². The van der Waals surface area contributed by atoms with Gasteiger partial charge in [-0.1, -0.05) is 65.0 Å². The SMILES string of the molecule is C=C(C)[C@@H]1CC[C@]2(CNCCCN3CCS(=O)(=O)CC3)CC[C@]3(C)[C@H](CC[C@@H]4[C@@]5(C)CC=C(c6ccc(C(=O)O)cc6)C(C)(C)[C@@H]5CC[C@]43C)[C@@H]12.Cl. The van der Waals surface area contributed by atoms with E-state index in [0.29, 0.717) is 70.1 Å². The number of allylic oxidation sites excluding steroid dienone is 3. The summed E-state index contributed by atoms with van der Waals surface area (Å²) in [5, 5.41) is 13.5. The highest BCUT2D eigenvalue weighted by Gasteiger charge is 2.70. The van der Waals surface area contributed by atoms with Crippen LogP contribution in [0.1, 0.15) is 122 Å². The minimum absolute atomic E-state index is 0. The van der Waals surface area contributed by atoms with E-state index in [2.05, 4.69) is 64.4 Å². The van der Waals surface area contributed by atoms with Gasteiger partial charge in [0.05, 0.1) is 17.1 Å². The van der Waals surface area contributed by atoms with Gasteiger partial charge in [0, 0.05) is 19.6 Å². The zero-order valence-corrected chi connectivity index (χ0v) is 34.6. The maximum Gasteiger partial charge on any atom is 0.335 e. The topological polar surface area (TPSA) is 86.7 Å². The van der Waals surface area contributed by atoms with Gasteiger partial charge in [-0.2, -0.15) is 0 Å². The lowest BCUT2D eigenvalue weighted by atomic mass is 9.32. The Balaban J connectivity index is 0.00000464. The summed E-state index contributed by atoms with van der Waals surface area (Å²) in [4.78, 5) is 13.9. The van der Waals surface area contributed by atoms with Crippen LogP contribution in [0, 0.1) is 56.7 Å². The molecule has 0 amide bonds. The molecule has 290 valence electrons. The molecule has 4 saturated carbocycles. The van der Waals surface area contributed by atoms with Crippen molar-refractivity contribution in [2.24, 2.45) is 56.7 Å². The predicted molar refractivity (Wildman–Crippen MR) is 216 cm³/mol. The van der Waals surface area contributed by atoms with Gasteiger partial charge in [0.15, 0.2) is 9.84 Å². The Morgan fingerprint density at radius 3 is 2.27 bits per heavy atom. The molecule has 5 aliphatic carbocycles. The Morgan fingerprint density at radius 1 is 0.923 bits per heavy atom. The molecular weight excluding hydrogens is 688 g/mol. The Kier molecular flexibility index (Phi) is 10.9. The highest BCUT2D eigenvalue weighted by atomic mass is 35.5. The van der Waals surface area contributed by atoms with E-state index in [-0.39, 0.29) is 23.2 Å². The van der Waals surface area contributed by atoms with E-state index in [1.54, 1.807) is 12.1 Å². The molecule has 0 unspecified atom stereocenters. The largest absolute Gasteiger partial charge is 0.478 e. The molecule has 1 aromatic rings. The summed E-state index contributed by atoms with van der Waals surface area (Å²) < 4.78 is 23.8. The van der Waals surface area contributed by atoms with Crippen molar-refractivity contribution in [3.63, 3.8) is 0 Å². The number of fused-ring (bicyclic) bond motifs is 7. The molecule has 1 aromatic carbocycles. The van der Waals surface area contributed by atoms with E-state index in [0.717, 1.165) is 38.4 Å². The molecule has 1 aliphatic heterocycles. The zero-order chi connectivity index (χ0) is 36.6. The molecule has 9 atom stereocenters. The monoisotopic (exact) mass is 754 g/mol. The van der Waals surface area contributed by atoms with Crippen LogP contribution in [0.15, 0.2) is 42.5 Å². The van der Waals surface area contributed by atoms with Gasteiger partial charge in [0.1, 0.15) is 0 Å². The first-order chi connectivity index (χ1) is 24.0. The maximum atomic E-state index is 11.9. The summed E-state index contributed by atoms with van der Waals surface area (Å²) in [5.74, 6) is 3.08. The number of carboxylic acids is 1. The molecule has 5 fully saturated rings. The zero-order valence-electron chi connectivity index (χ0n) is 32.9. The molecular formula is C44H67ClN2O4S. The number of carboxylic acid groups (broad SMARTS) is 1. The van der Waals surface area contributed by atoms with Crippen molar-refractivity contribution in [2.75, 3.05) is 44.2 Å². The predicted octanol–water partition coefficient (Wildman–Crippen LogP) is 9.17. The quantitative estimate of drug-likeness (QED) is 0.193. The van der Waals surface area contributed by atoms with Crippen molar-refractivity contribution in [3.05, 3.63) is 53.6 Å². The van der Waals surface area contributed by atoms with Crippen LogP contribution in [0.3, 0.4) is 0 Å². The first-order valence-corrected chi connectivity index (χ1v) is 22.1. The molecule has 7 rings (SSSR count). The summed E-state index contributed by atoms with van der Waals surface area (Å²) in [6.07, 6.45) is 15.2. The minimum Gasteiger partial charge on any atom is -0.478 e. The van der Waals surface area contributed by atoms with Gasteiger partial charge in [-0.25, -0.2) is 13.2 Å². The second kappa shape index (κ2) is 14.1. The van der Waals surface area contributed by atoms with Crippen LogP contribution in [-0.4, -0.2) is 68.6 Å². The molecule has 8 heteroatoms. The van der Waals surface area contributed by atoms with Gasteiger partial charge in [0.25, 0.3) is 0 Å². The summed E-state index contributed by atoms with van der Waals surface area (Å²) >= 11 is 0. The number of hydrogen-bond acceptors (Lipinski definition) is 5. The van der Waals surface area contributed by atoms with E-state index in [1.807, 2.05) is 12.1 Å². The number of nitrogens with one attached hydrogen (secondary N) is 1. The number of nitrogens with zero attached hydrogens (tertiary/aromatic N) is 1. The normalized spacial score (nSPS) is 40.6. The lowest BCUT2D eigenvalue weighted by Gasteiger charge is -2.72. The van der Waals surface area contributed by atoms with Crippen LogP contribution in [0.25, 0.3) is 5.57 Å². The lowest BCUT2D eigenvalue weighted by Crippen LogP contribution is -2.65. The smallest absolute Gasteiger partial charge is 0.335 e. The second-order valence-electron chi connectivity index (χ2n) is 19.5. The van der Waals surface area contributed by atoms with Gasteiger partial charge in [-0.3, -0.25) is 0 Å². The minimum atomic E-state index is -2.83. The lowest BCUT2D eigenvalue weighted by molar-refractivity contribution is -0.225. The molecule has 6 nitrogen and oxygen atoms in total. The van der Waals surface area contributed by atoms with Gasteiger partial charge in [0.2, 0.25) is 0 Å². The molecule has 1 saturated heterocycles. The number of aromatic carboxylic acids is 1. The van der Waals surface area contributed by atoms with Crippen molar-refractivity contribution in [1.29, 1.82) is 0 Å². The van der Waals surface area contributed by atoms with Gasteiger partial charge < -0.3 is 15.3 Å². The van der Waals surface area contributed by atoms with E-state index in [9.17, 15) is 18.3 Å². The molecule has 0 radical (unpaired) electrons. The summed E-state index contributed by atoms with van der Waals surface area (Å²) in [5.41, 5.74) is 5.56. The molecule has 6 aliphatic rings. The summed E-state index contributed by atoms with van der Waals surface area (Å²) in [6.45, 7) is 24.4. The van der Waals surface area contributed by atoms with Crippen LogP contribution < -0.4 is 5.32 Å². The first-order valence-electron chi connectivity index (χ1n) is 20.3. The third kappa shape index (κ3) is 6.37. The number of sulfone groups is 1. The number of halogens is 1. The van der Waals surface area contributed by atoms with Crippen LogP contribution in [0.5, 0.6) is 0 Å². The van der Waals surface area contributed by atoms with Crippen molar-refractivity contribution < 1.29 is 18.3 Å². The first kappa shape index (κ1) is 40.0. The molecule has 0 aromatic heterocycles. The van der Waals surface area contributed by atoms with Gasteiger partial charge >= 0.3 is 5.97 Å². The fourth-order valence-electron chi connectivity index (χ4n) is 14.2. The Hall–Kier alpha value is -1.67. The highest BCUT2D eigenvalue weighted by Crippen LogP contribution is 2.77. The standard InChI is InChI=1S/C44H66N2O4S.ClH/c1-30(2)33-15-20-44(29-45-23-8-24-46-25-27-51(49,50)28-26-46)22-21-42(6)35(38(33)44)13-14-37-41(5)18-16-34(31-9-11-32(12-10-31)39(47)48)40(3,4)36(41)17-19-43(37,42)7;/h9-12,16,33,35-38,45H,1,8,13-15,17-29H2,2-7H3,(H,47,48);1H/t33-,35+,36-,37+,38+,41-,42+,43+,44+;/m0./s1. The summed E-state index contributed by atoms with van der Waals surface area (Å²) in [6, 6.07) is 7.61. The third-order valence-electron chi connectivity index (χ3n) is 17.0. The van der Waals surface area contributed by atoms with Crippen molar-refractivity contribution >= 4 is 33.8 Å². The van der Waals surface area contributed by atoms with E-state index in [4.69, 9.17) is 0 Å². The molecule has 0 spiro atoms. The van der Waals surface area contributed by atoms with Crippen LogP contribution in [0.4, 0.5) is 0 Å². The van der Waals surface area contributed by atoms with E-state index < -0.39 is 15.8 Å². The number of rotatable bonds is 9. The number of hydrogen-bond donors (Lipinski definition) is 2. The van der Waals surface area contributed by atoms with E-state index in [1.165, 1.54) is 68.1 Å². The van der Waals surface area contributed by atoms with Crippen LogP contribution in [-0.2, 0) is 9.84 Å². The number of benzene rings is 1. The van der Waals surface area contributed by atoms with Crippen molar-refractivity contribution in [3.8, 4) is 0 Å². The highest BCUT2D eigenvalue weighted by molar-refractivity contribution is 7.91. The molecule has 2 N–H and O–H groups in total. The average Bonchev–Trinajstić information content (AvgIpc) is 3.45. The second-order valence-corrected chi connectivity index (χ2v) is 21.8. The van der Waals surface area contributed by atoms with Gasteiger partial charge in [-0.15, -0.1) is 12.4 Å².